The average molecular weight is 280 g/mol. The van der Waals surface area contributed by atoms with E-state index in [2.05, 4.69) is 5.32 Å². The summed E-state index contributed by atoms with van der Waals surface area (Å²) < 4.78 is 16.0. The molecule has 2 aromatic rings. The zero-order chi connectivity index (χ0) is 13.2. The van der Waals surface area contributed by atoms with Crippen molar-refractivity contribution in [2.45, 2.75) is 19.5 Å². The summed E-state index contributed by atoms with van der Waals surface area (Å²) in [7, 11) is 0. The molecule has 1 aromatic carbocycles. The molecule has 1 N–H and O–H groups in total. The summed E-state index contributed by atoms with van der Waals surface area (Å²) >= 11 is 6.14. The first kappa shape index (κ1) is 12.4. The molecule has 0 amide bonds. The van der Waals surface area contributed by atoms with Crippen molar-refractivity contribution in [1.29, 1.82) is 0 Å². The molecule has 2 heterocycles. The molecule has 0 fully saturated rings. The van der Waals surface area contributed by atoms with Crippen LogP contribution in [0.5, 0.6) is 11.5 Å². The number of fused-ring (bicyclic) bond motifs is 1. The zero-order valence-electron chi connectivity index (χ0n) is 10.5. The number of hydrogen-bond acceptors (Lipinski definition) is 4. The molecule has 0 radical (unpaired) electrons. The number of rotatable bonds is 4. The maximum atomic E-state index is 6.14. The van der Waals surface area contributed by atoms with Crippen LogP contribution in [-0.4, -0.2) is 6.79 Å². The molecule has 0 bridgehead atoms. The van der Waals surface area contributed by atoms with Crippen LogP contribution in [0, 0.1) is 0 Å². The van der Waals surface area contributed by atoms with Crippen LogP contribution in [0.4, 0.5) is 0 Å². The molecule has 0 spiro atoms. The second-order valence-corrected chi connectivity index (χ2v) is 4.84. The molecule has 1 aromatic heterocycles. The number of benzene rings is 1. The Hall–Kier alpha value is -1.65. The third kappa shape index (κ3) is 2.55. The van der Waals surface area contributed by atoms with Crippen LogP contribution in [0.2, 0.25) is 5.02 Å². The highest BCUT2D eigenvalue weighted by molar-refractivity contribution is 6.32. The van der Waals surface area contributed by atoms with Crippen molar-refractivity contribution in [1.82, 2.24) is 5.32 Å². The van der Waals surface area contributed by atoms with Gasteiger partial charge in [0.25, 0.3) is 0 Å². The lowest BCUT2D eigenvalue weighted by Gasteiger charge is -2.12. The van der Waals surface area contributed by atoms with Gasteiger partial charge < -0.3 is 19.2 Å². The molecule has 0 saturated heterocycles. The lowest BCUT2D eigenvalue weighted by Crippen LogP contribution is -2.17. The van der Waals surface area contributed by atoms with E-state index < -0.39 is 0 Å². The maximum Gasteiger partial charge on any atom is 0.231 e. The smallest absolute Gasteiger partial charge is 0.231 e. The number of halogens is 1. The number of nitrogens with one attached hydrogen (secondary N) is 1. The van der Waals surface area contributed by atoms with Crippen molar-refractivity contribution in [2.24, 2.45) is 0 Å². The lowest BCUT2D eigenvalue weighted by atomic mass is 10.1. The fourth-order valence-electron chi connectivity index (χ4n) is 2.03. The van der Waals surface area contributed by atoms with Crippen molar-refractivity contribution >= 4 is 11.6 Å². The summed E-state index contributed by atoms with van der Waals surface area (Å²) in [6.45, 7) is 2.96. The van der Waals surface area contributed by atoms with E-state index in [-0.39, 0.29) is 12.8 Å². The van der Waals surface area contributed by atoms with Crippen molar-refractivity contribution in [2.75, 3.05) is 6.79 Å². The van der Waals surface area contributed by atoms with Crippen LogP contribution < -0.4 is 14.8 Å². The quantitative estimate of drug-likeness (QED) is 0.930. The van der Waals surface area contributed by atoms with Gasteiger partial charge in [-0.2, -0.15) is 0 Å². The Kier molecular flexibility index (Phi) is 3.36. The summed E-state index contributed by atoms with van der Waals surface area (Å²) in [5, 5.41) is 3.95. The predicted octanol–water partition coefficient (Wildman–Crippen LogP) is 3.51. The highest BCUT2D eigenvalue weighted by Crippen LogP contribution is 2.39. The number of furan rings is 1. The van der Waals surface area contributed by atoms with Crippen LogP contribution in [0.15, 0.2) is 34.9 Å². The third-order valence-electron chi connectivity index (χ3n) is 3.07. The molecule has 0 unspecified atom stereocenters. The Labute approximate surface area is 116 Å². The first-order chi connectivity index (χ1) is 9.24. The first-order valence-corrected chi connectivity index (χ1v) is 6.46. The molecule has 3 rings (SSSR count). The SMILES string of the molecule is C[C@@H](NCc1cc(Cl)c2c(c1)OCO2)c1ccco1. The van der Waals surface area contributed by atoms with Gasteiger partial charge in [0.05, 0.1) is 17.3 Å². The van der Waals surface area contributed by atoms with Gasteiger partial charge in [-0.25, -0.2) is 0 Å². The molecule has 1 aliphatic rings. The Bertz CT molecular complexity index is 568. The summed E-state index contributed by atoms with van der Waals surface area (Å²) in [5.74, 6) is 2.24. The van der Waals surface area contributed by atoms with Crippen LogP contribution >= 0.6 is 11.6 Å². The van der Waals surface area contributed by atoms with Crippen molar-refractivity contribution in [3.63, 3.8) is 0 Å². The molecule has 1 atom stereocenters. The van der Waals surface area contributed by atoms with E-state index in [1.54, 1.807) is 6.26 Å². The Morgan fingerprint density at radius 2 is 2.26 bits per heavy atom. The topological polar surface area (TPSA) is 43.6 Å². The van der Waals surface area contributed by atoms with Gasteiger partial charge in [0, 0.05) is 6.54 Å². The molecule has 0 saturated carbocycles. The molecule has 1 aliphatic heterocycles. The number of hydrogen-bond donors (Lipinski definition) is 1. The van der Waals surface area contributed by atoms with E-state index in [1.807, 2.05) is 31.2 Å². The van der Waals surface area contributed by atoms with Crippen LogP contribution in [0.25, 0.3) is 0 Å². The molecule has 0 aliphatic carbocycles. The lowest BCUT2D eigenvalue weighted by molar-refractivity contribution is 0.174. The average Bonchev–Trinajstić information content (AvgIpc) is 3.06. The molecular formula is C14H14ClNO3. The van der Waals surface area contributed by atoms with E-state index in [4.69, 9.17) is 25.5 Å². The van der Waals surface area contributed by atoms with Gasteiger partial charge in [0.1, 0.15) is 5.76 Å². The van der Waals surface area contributed by atoms with Crippen LogP contribution in [-0.2, 0) is 6.54 Å². The molecule has 4 nitrogen and oxygen atoms in total. The highest BCUT2D eigenvalue weighted by Gasteiger charge is 2.18. The number of ether oxygens (including phenoxy) is 2. The molecular weight excluding hydrogens is 266 g/mol. The summed E-state index contributed by atoms with van der Waals surface area (Å²) in [6, 6.07) is 7.79. The monoisotopic (exact) mass is 279 g/mol. The Morgan fingerprint density at radius 1 is 1.37 bits per heavy atom. The normalized spacial score (nSPS) is 14.6. The highest BCUT2D eigenvalue weighted by atomic mass is 35.5. The summed E-state index contributed by atoms with van der Waals surface area (Å²) in [4.78, 5) is 0. The molecule has 5 heteroatoms. The third-order valence-corrected chi connectivity index (χ3v) is 3.35. The Morgan fingerprint density at radius 3 is 3.05 bits per heavy atom. The van der Waals surface area contributed by atoms with E-state index >= 15 is 0 Å². The largest absolute Gasteiger partial charge is 0.468 e. The molecule has 100 valence electrons. The van der Waals surface area contributed by atoms with E-state index in [1.165, 1.54) is 0 Å². The van der Waals surface area contributed by atoms with Crippen molar-refractivity contribution < 1.29 is 13.9 Å². The van der Waals surface area contributed by atoms with E-state index in [0.717, 1.165) is 11.3 Å². The van der Waals surface area contributed by atoms with Gasteiger partial charge in [-0.1, -0.05) is 11.6 Å². The first-order valence-electron chi connectivity index (χ1n) is 6.09. The van der Waals surface area contributed by atoms with Gasteiger partial charge in [-0.05, 0) is 36.8 Å². The maximum absolute atomic E-state index is 6.14. The second-order valence-electron chi connectivity index (χ2n) is 4.43. The van der Waals surface area contributed by atoms with Crippen molar-refractivity contribution in [3.8, 4) is 11.5 Å². The fraction of sp³-hybridized carbons (Fsp3) is 0.286. The van der Waals surface area contributed by atoms with E-state index in [9.17, 15) is 0 Å². The summed E-state index contributed by atoms with van der Waals surface area (Å²) in [5.41, 5.74) is 1.05. The van der Waals surface area contributed by atoms with E-state index in [0.29, 0.717) is 23.1 Å². The van der Waals surface area contributed by atoms with Gasteiger partial charge in [-0.15, -0.1) is 0 Å². The second kappa shape index (κ2) is 5.15. The summed E-state index contributed by atoms with van der Waals surface area (Å²) in [6.07, 6.45) is 1.67. The van der Waals surface area contributed by atoms with Gasteiger partial charge >= 0.3 is 0 Å². The van der Waals surface area contributed by atoms with Crippen LogP contribution in [0.1, 0.15) is 24.3 Å². The van der Waals surface area contributed by atoms with Crippen molar-refractivity contribution in [3.05, 3.63) is 46.9 Å². The van der Waals surface area contributed by atoms with Gasteiger partial charge in [0.15, 0.2) is 11.5 Å². The Balaban J connectivity index is 1.69. The predicted molar refractivity (Wildman–Crippen MR) is 71.5 cm³/mol. The van der Waals surface area contributed by atoms with Gasteiger partial charge in [-0.3, -0.25) is 0 Å². The van der Waals surface area contributed by atoms with Crippen LogP contribution in [0.3, 0.4) is 0 Å². The minimum absolute atomic E-state index is 0.138. The molecule has 19 heavy (non-hydrogen) atoms. The minimum Gasteiger partial charge on any atom is -0.468 e. The van der Waals surface area contributed by atoms with Gasteiger partial charge in [0.2, 0.25) is 6.79 Å². The fourth-order valence-corrected chi connectivity index (χ4v) is 2.32. The minimum atomic E-state index is 0.138. The zero-order valence-corrected chi connectivity index (χ0v) is 11.2. The standard InChI is InChI=1S/C14H14ClNO3/c1-9(12-3-2-4-17-12)16-7-10-5-11(15)14-13(6-10)18-8-19-14/h2-6,9,16H,7-8H2,1H3/t9-/m1/s1.